The molecule has 0 fully saturated rings. The number of hydrogen-bond acceptors (Lipinski definition) is 4. The number of nitrogens with zero attached hydrogens (tertiary/aromatic N) is 1. The lowest BCUT2D eigenvalue weighted by Crippen LogP contribution is -2.14. The number of halogens is 2. The van der Waals surface area contributed by atoms with E-state index in [2.05, 4.69) is 21.2 Å². The third-order valence-corrected chi connectivity index (χ3v) is 3.51. The Morgan fingerprint density at radius 2 is 1.90 bits per heavy atom. The first-order valence-electron chi connectivity index (χ1n) is 5.69. The molecule has 2 rings (SSSR count). The van der Waals surface area contributed by atoms with Gasteiger partial charge in [0.15, 0.2) is 0 Å². The van der Waals surface area contributed by atoms with Crippen molar-refractivity contribution in [3.05, 3.63) is 61.6 Å². The first kappa shape index (κ1) is 15.3. The first-order valence-corrected chi connectivity index (χ1v) is 6.86. The molecular formula is C13H9BrClN3O3. The summed E-state index contributed by atoms with van der Waals surface area (Å²) in [5, 5.41) is 13.4. The third-order valence-electron chi connectivity index (χ3n) is 2.67. The average molecular weight is 371 g/mol. The second-order valence-electron chi connectivity index (χ2n) is 4.11. The summed E-state index contributed by atoms with van der Waals surface area (Å²) in [6.45, 7) is 0. The van der Waals surface area contributed by atoms with E-state index in [1.54, 1.807) is 24.3 Å². The molecule has 2 aromatic carbocycles. The minimum absolute atomic E-state index is 0.00289. The first-order chi connectivity index (χ1) is 9.88. The number of nitrogens with two attached hydrogens (primary N) is 1. The third kappa shape index (κ3) is 3.50. The van der Waals surface area contributed by atoms with Gasteiger partial charge < -0.3 is 11.1 Å². The van der Waals surface area contributed by atoms with Crippen molar-refractivity contribution < 1.29 is 9.72 Å². The number of amides is 1. The Kier molecular flexibility index (Phi) is 4.44. The van der Waals surface area contributed by atoms with Gasteiger partial charge >= 0.3 is 0 Å². The summed E-state index contributed by atoms with van der Waals surface area (Å²) in [6, 6.07) is 9.05. The predicted molar refractivity (Wildman–Crippen MR) is 84.6 cm³/mol. The largest absolute Gasteiger partial charge is 0.397 e. The zero-order valence-corrected chi connectivity index (χ0v) is 12.8. The molecule has 0 aromatic heterocycles. The fraction of sp³-hybridized carbons (Fsp3) is 0. The van der Waals surface area contributed by atoms with Gasteiger partial charge in [-0.25, -0.2) is 0 Å². The summed E-state index contributed by atoms with van der Waals surface area (Å²) >= 11 is 9.09. The quantitative estimate of drug-likeness (QED) is 0.487. The van der Waals surface area contributed by atoms with E-state index in [9.17, 15) is 14.9 Å². The lowest BCUT2D eigenvalue weighted by Gasteiger charge is -2.09. The van der Waals surface area contributed by atoms with Crippen LogP contribution in [0.1, 0.15) is 10.4 Å². The number of nitro benzene ring substituents is 1. The van der Waals surface area contributed by atoms with Crippen LogP contribution < -0.4 is 11.1 Å². The molecule has 1 amide bonds. The van der Waals surface area contributed by atoms with Crippen molar-refractivity contribution in [3.63, 3.8) is 0 Å². The highest BCUT2D eigenvalue weighted by Crippen LogP contribution is 2.29. The van der Waals surface area contributed by atoms with Gasteiger partial charge in [0.05, 0.1) is 21.2 Å². The van der Waals surface area contributed by atoms with Crippen molar-refractivity contribution in [1.29, 1.82) is 0 Å². The second-order valence-corrected chi connectivity index (χ2v) is 5.43. The standard InChI is InChI=1S/C13H9BrClN3O3/c14-7-1-3-8(4-2-7)17-13(19)10-5-9(18(20)21)6-11(15)12(10)16/h1-6H,16H2,(H,17,19). The number of nitrogens with one attached hydrogen (secondary N) is 1. The number of non-ortho nitro benzene ring substituents is 1. The van der Waals surface area contributed by atoms with Gasteiger partial charge in [-0.15, -0.1) is 0 Å². The highest BCUT2D eigenvalue weighted by atomic mass is 79.9. The summed E-state index contributed by atoms with van der Waals surface area (Å²) in [6.07, 6.45) is 0. The van der Waals surface area contributed by atoms with Gasteiger partial charge in [0.2, 0.25) is 0 Å². The Balaban J connectivity index is 2.34. The molecule has 21 heavy (non-hydrogen) atoms. The normalized spacial score (nSPS) is 10.2. The Morgan fingerprint density at radius 1 is 1.29 bits per heavy atom. The Labute approximate surface area is 133 Å². The monoisotopic (exact) mass is 369 g/mol. The van der Waals surface area contributed by atoms with Crippen molar-refractivity contribution >= 4 is 50.5 Å². The van der Waals surface area contributed by atoms with Gasteiger partial charge in [0.1, 0.15) is 0 Å². The molecule has 0 unspecified atom stereocenters. The topological polar surface area (TPSA) is 98.3 Å². The summed E-state index contributed by atoms with van der Waals surface area (Å²) in [4.78, 5) is 22.3. The molecule has 0 aliphatic rings. The van der Waals surface area contributed by atoms with Crippen molar-refractivity contribution in [1.82, 2.24) is 0 Å². The Morgan fingerprint density at radius 3 is 2.48 bits per heavy atom. The molecule has 108 valence electrons. The van der Waals surface area contributed by atoms with Gasteiger partial charge in [0.25, 0.3) is 11.6 Å². The van der Waals surface area contributed by atoms with Crippen LogP contribution in [-0.4, -0.2) is 10.8 Å². The van der Waals surface area contributed by atoms with E-state index < -0.39 is 10.8 Å². The number of hydrogen-bond donors (Lipinski definition) is 2. The molecule has 6 nitrogen and oxygen atoms in total. The van der Waals surface area contributed by atoms with E-state index in [0.29, 0.717) is 5.69 Å². The molecule has 0 saturated heterocycles. The van der Waals surface area contributed by atoms with Crippen LogP contribution in [0.15, 0.2) is 40.9 Å². The molecule has 3 N–H and O–H groups in total. The van der Waals surface area contributed by atoms with E-state index in [4.69, 9.17) is 17.3 Å². The summed E-state index contributed by atoms with van der Waals surface area (Å²) in [7, 11) is 0. The van der Waals surface area contributed by atoms with Crippen LogP contribution in [-0.2, 0) is 0 Å². The summed E-state index contributed by atoms with van der Waals surface area (Å²) < 4.78 is 0.860. The molecule has 2 aromatic rings. The van der Waals surface area contributed by atoms with Crippen LogP contribution in [0.25, 0.3) is 0 Å². The van der Waals surface area contributed by atoms with Crippen molar-refractivity contribution in [2.75, 3.05) is 11.1 Å². The SMILES string of the molecule is Nc1c(Cl)cc([N+](=O)[O-])cc1C(=O)Nc1ccc(Br)cc1. The Bertz CT molecular complexity index is 719. The lowest BCUT2D eigenvalue weighted by atomic mass is 10.1. The fourth-order valence-electron chi connectivity index (χ4n) is 1.63. The predicted octanol–water partition coefficient (Wildman–Crippen LogP) is 3.85. The molecular weight excluding hydrogens is 362 g/mol. The highest BCUT2D eigenvalue weighted by molar-refractivity contribution is 9.10. The number of nitro groups is 1. The molecule has 0 aliphatic carbocycles. The number of rotatable bonds is 3. The van der Waals surface area contributed by atoms with Crippen LogP contribution in [0.4, 0.5) is 17.1 Å². The average Bonchev–Trinajstić information content (AvgIpc) is 2.43. The smallest absolute Gasteiger partial charge is 0.271 e. The van der Waals surface area contributed by atoms with Gasteiger partial charge in [-0.1, -0.05) is 27.5 Å². The molecule has 0 bridgehead atoms. The molecule has 0 heterocycles. The van der Waals surface area contributed by atoms with Gasteiger partial charge in [-0.3, -0.25) is 14.9 Å². The zero-order valence-electron chi connectivity index (χ0n) is 10.5. The number of carbonyl (C=O) groups excluding carboxylic acids is 1. The van der Waals surface area contributed by atoms with Crippen LogP contribution in [0.2, 0.25) is 5.02 Å². The zero-order chi connectivity index (χ0) is 15.6. The van der Waals surface area contributed by atoms with E-state index in [1.165, 1.54) is 0 Å². The lowest BCUT2D eigenvalue weighted by molar-refractivity contribution is -0.384. The van der Waals surface area contributed by atoms with Gasteiger partial charge in [-0.2, -0.15) is 0 Å². The van der Waals surface area contributed by atoms with E-state index in [1.807, 2.05) is 0 Å². The van der Waals surface area contributed by atoms with Crippen LogP contribution in [0.3, 0.4) is 0 Å². The molecule has 8 heteroatoms. The van der Waals surface area contributed by atoms with Crippen LogP contribution >= 0.6 is 27.5 Å². The number of nitrogen functional groups attached to an aromatic ring is 1. The highest BCUT2D eigenvalue weighted by Gasteiger charge is 2.18. The summed E-state index contributed by atoms with van der Waals surface area (Å²) in [5.41, 5.74) is 5.90. The van der Waals surface area contributed by atoms with Crippen LogP contribution in [0, 0.1) is 10.1 Å². The molecule has 0 spiro atoms. The van der Waals surface area contributed by atoms with E-state index in [0.717, 1.165) is 16.6 Å². The van der Waals surface area contributed by atoms with Gasteiger partial charge in [0, 0.05) is 22.3 Å². The molecule has 0 atom stereocenters. The maximum Gasteiger partial charge on any atom is 0.271 e. The number of anilines is 2. The maximum atomic E-state index is 12.2. The van der Waals surface area contributed by atoms with Crippen LogP contribution in [0.5, 0.6) is 0 Å². The van der Waals surface area contributed by atoms with Crippen molar-refractivity contribution in [2.45, 2.75) is 0 Å². The fourth-order valence-corrected chi connectivity index (χ4v) is 2.11. The summed E-state index contributed by atoms with van der Waals surface area (Å²) in [5.74, 6) is -0.569. The van der Waals surface area contributed by atoms with Gasteiger partial charge in [-0.05, 0) is 24.3 Å². The molecule has 0 saturated carbocycles. The number of benzene rings is 2. The maximum absolute atomic E-state index is 12.2. The minimum Gasteiger partial charge on any atom is -0.397 e. The molecule has 0 aliphatic heterocycles. The number of carbonyl (C=O) groups is 1. The van der Waals surface area contributed by atoms with Crippen molar-refractivity contribution in [2.24, 2.45) is 0 Å². The second kappa shape index (κ2) is 6.11. The Hall–Kier alpha value is -2.12. The molecule has 0 radical (unpaired) electrons. The van der Waals surface area contributed by atoms with Crippen molar-refractivity contribution in [3.8, 4) is 0 Å². The van der Waals surface area contributed by atoms with E-state index in [-0.39, 0.29) is 22.0 Å². The van der Waals surface area contributed by atoms with E-state index >= 15 is 0 Å². The minimum atomic E-state index is -0.637.